The van der Waals surface area contributed by atoms with Gasteiger partial charge in [-0.25, -0.2) is 0 Å². The fourth-order valence-corrected chi connectivity index (χ4v) is 12.1. The maximum atomic E-state index is 6.25. The topological polar surface area (TPSA) is 16.4 Å². The highest BCUT2D eigenvalue weighted by Gasteiger charge is 2.27. The van der Waals surface area contributed by atoms with E-state index in [-0.39, 0.29) is 0 Å². The van der Waals surface area contributed by atoms with Crippen molar-refractivity contribution >= 4 is 263 Å². The summed E-state index contributed by atoms with van der Waals surface area (Å²) < 4.78 is 6.25. The molecule has 18 heteroatoms. The van der Waals surface area contributed by atoms with E-state index in [0.717, 1.165) is 33.3 Å². The fourth-order valence-electron chi connectivity index (χ4n) is 12.1. The molecule has 0 amide bonds. The number of nitrogens with zero attached hydrogens (tertiary/aromatic N) is 1. The van der Waals surface area contributed by atoms with Crippen molar-refractivity contribution in [3.63, 3.8) is 0 Å². The number of hydrogen-bond donors (Lipinski definition) is 0. The highest BCUT2D eigenvalue weighted by Crippen LogP contribution is 2.39. The van der Waals surface area contributed by atoms with E-state index in [2.05, 4.69) is 240 Å². The second-order valence-electron chi connectivity index (χ2n) is 20.5. The van der Waals surface area contributed by atoms with E-state index in [1.54, 1.807) is 0 Å². The normalized spacial score (nSPS) is 11.5. The van der Waals surface area contributed by atoms with Crippen LogP contribution in [0.25, 0.3) is 77.2 Å². The molecule has 0 fully saturated rings. The predicted molar refractivity (Wildman–Crippen MR) is 359 cm³/mol. The summed E-state index contributed by atoms with van der Waals surface area (Å²) in [5.41, 5.74) is 37.2. The number of para-hydroxylation sites is 1. The molecule has 318 valence electrons. The number of fused-ring (bicyclic) bond motifs is 4. The second kappa shape index (κ2) is 17.9. The van der Waals surface area contributed by atoms with Crippen LogP contribution < -0.4 is 92.3 Å². The maximum absolute atomic E-state index is 6.25. The minimum absolute atomic E-state index is 0.914. The summed E-state index contributed by atoms with van der Waals surface area (Å²) in [5.74, 6) is 0. The molecule has 2 nitrogen and oxygen atoms in total. The largest absolute Gasteiger partial charge is 0.456 e. The van der Waals surface area contributed by atoms with Crippen molar-refractivity contribution in [3.8, 4) is 44.5 Å². The highest BCUT2D eigenvalue weighted by molar-refractivity contribution is 6.73. The van der Waals surface area contributed by atoms with Crippen LogP contribution in [0.5, 0.6) is 0 Å². The molecule has 1 aromatic heterocycles. The lowest BCUT2D eigenvalue weighted by Gasteiger charge is -2.34. The van der Waals surface area contributed by atoms with Gasteiger partial charge in [0.1, 0.15) is 137 Å². The molecule has 0 spiro atoms. The zero-order valence-electron chi connectivity index (χ0n) is 44.3. The third kappa shape index (κ3) is 7.33. The van der Waals surface area contributed by atoms with Crippen molar-refractivity contribution in [1.29, 1.82) is 0 Å². The van der Waals surface area contributed by atoms with E-state index in [0.29, 0.717) is 0 Å². The lowest BCUT2D eigenvalue weighted by Crippen LogP contribution is -2.55. The second-order valence-corrected chi connectivity index (χ2v) is 20.5. The minimum Gasteiger partial charge on any atom is -0.456 e. The number of furan rings is 1. The number of hydrogen-bond acceptors (Lipinski definition) is 2. The summed E-state index contributed by atoms with van der Waals surface area (Å²) in [4.78, 5) is 2.54. The summed E-state index contributed by atoms with van der Waals surface area (Å²) in [5, 5.41) is 5.14. The van der Waals surface area contributed by atoms with Gasteiger partial charge in [-0.2, -0.15) is 0 Å². The molecule has 0 N–H and O–H groups in total. The van der Waals surface area contributed by atoms with Crippen LogP contribution in [0.3, 0.4) is 0 Å². The van der Waals surface area contributed by atoms with Gasteiger partial charge in [-0.3, -0.25) is 0 Å². The van der Waals surface area contributed by atoms with Crippen molar-refractivity contribution in [2.75, 3.05) is 4.90 Å². The number of anilines is 3. The van der Waals surface area contributed by atoms with Crippen LogP contribution in [0.1, 0.15) is 0 Å². The van der Waals surface area contributed by atoms with Crippen molar-refractivity contribution in [2.45, 2.75) is 0 Å². The van der Waals surface area contributed by atoms with E-state index >= 15 is 0 Å². The van der Waals surface area contributed by atoms with Gasteiger partial charge in [0.05, 0.1) is 0 Å². The molecule has 0 aliphatic heterocycles. The average Bonchev–Trinajstić information content (AvgIpc) is 3.76. The van der Waals surface area contributed by atoms with Crippen molar-refractivity contribution < 1.29 is 4.42 Å². The molecular weight excluding hydrogens is 828 g/mol. The fraction of sp³-hybridized carbons (Fsp3) is 0. The third-order valence-electron chi connectivity index (χ3n) is 17.3. The van der Waals surface area contributed by atoms with Crippen LogP contribution in [-0.2, 0) is 0 Å². The van der Waals surface area contributed by atoms with Gasteiger partial charge in [-0.05, 0) is 91.7 Å². The summed E-state index contributed by atoms with van der Waals surface area (Å²) in [7, 11) is 37.1. The quantitative estimate of drug-likeness (QED) is 0.148. The van der Waals surface area contributed by atoms with E-state index in [1.807, 2.05) is 6.07 Å². The van der Waals surface area contributed by atoms with Gasteiger partial charge in [0.2, 0.25) is 0 Å². The standard InChI is InChI=1S/C52H51B16NO/c53-36-30(37(54)46(63)49(66)45(36)62)23-5-3-6-25(19-23)69(24-17-15-21(16-18-24)20-11-13-22(14-12-20)26-8-4-10-29-31(26)27-7-1-2-9-28(27)70-29)52-50(67)42(59)35(43(60)51(52)68)33-32-34(40(57)44(61)38(33)55)41(58)48(65)47(64)39(32)56/h1-19H,53-68H2. The molecule has 1 heterocycles. The van der Waals surface area contributed by atoms with Crippen molar-refractivity contribution in [1.82, 2.24) is 0 Å². The Morgan fingerprint density at radius 3 is 1.36 bits per heavy atom. The first kappa shape index (κ1) is 47.6. The first-order chi connectivity index (χ1) is 33.4. The molecule has 0 saturated carbocycles. The Morgan fingerprint density at radius 2 is 0.743 bits per heavy atom. The van der Waals surface area contributed by atoms with Gasteiger partial charge >= 0.3 is 0 Å². The van der Waals surface area contributed by atoms with Crippen LogP contribution in [0.4, 0.5) is 17.1 Å². The van der Waals surface area contributed by atoms with E-state index in [1.165, 1.54) is 148 Å². The Bertz CT molecular complexity index is 3790. The monoisotopic (exact) mass is 882 g/mol. The first-order valence-electron chi connectivity index (χ1n) is 25.1. The van der Waals surface area contributed by atoms with Crippen LogP contribution in [-0.4, -0.2) is 126 Å². The molecule has 0 saturated heterocycles. The number of benzene rings is 9. The van der Waals surface area contributed by atoms with Gasteiger partial charge in [0.25, 0.3) is 0 Å². The first-order valence-corrected chi connectivity index (χ1v) is 25.1. The molecule has 0 aliphatic carbocycles. The molecule has 0 bridgehead atoms. The summed E-state index contributed by atoms with van der Waals surface area (Å²) in [6.45, 7) is 0. The number of rotatable bonds is 7. The minimum atomic E-state index is 0.914. The Kier molecular flexibility index (Phi) is 12.2. The highest BCUT2D eigenvalue weighted by atomic mass is 16.3. The SMILES string of the molecule is Bc1c(B)c(B)c(-c2cccc(N(c3ccc(-c4ccc(-c5cccc6oc7ccccc7c56)cc4)cc3)c3c(B)c(B)c(-c4c(B)c(B)c(B)c5c(B)c(B)c(B)c(B)c45)c(B)c3B)c2)c(B)c1B. The molecule has 0 atom stereocenters. The zero-order valence-corrected chi connectivity index (χ0v) is 44.3. The summed E-state index contributed by atoms with van der Waals surface area (Å²) in [6.07, 6.45) is 0. The van der Waals surface area contributed by atoms with Crippen LogP contribution >= 0.6 is 0 Å². The zero-order chi connectivity index (χ0) is 49.8. The third-order valence-corrected chi connectivity index (χ3v) is 17.3. The van der Waals surface area contributed by atoms with Gasteiger partial charge < -0.3 is 9.32 Å². The van der Waals surface area contributed by atoms with Crippen LogP contribution in [0.15, 0.2) is 120 Å². The summed E-state index contributed by atoms with van der Waals surface area (Å²) >= 11 is 0. The predicted octanol–water partition coefficient (Wildman–Crippen LogP) is -13.0. The van der Waals surface area contributed by atoms with E-state index in [4.69, 9.17) is 4.42 Å². The van der Waals surface area contributed by atoms with Crippen LogP contribution in [0, 0.1) is 0 Å². The van der Waals surface area contributed by atoms with Crippen LogP contribution in [0.2, 0.25) is 0 Å². The molecule has 0 unspecified atom stereocenters. The Balaban J connectivity index is 1.15. The van der Waals surface area contributed by atoms with Gasteiger partial charge in [0, 0.05) is 27.8 Å². The Labute approximate surface area is 429 Å². The maximum Gasteiger partial charge on any atom is 0.141 e. The smallest absolute Gasteiger partial charge is 0.141 e. The molecule has 0 aliphatic rings. The Morgan fingerprint density at radius 1 is 0.286 bits per heavy atom. The van der Waals surface area contributed by atoms with Crippen molar-refractivity contribution in [2.24, 2.45) is 0 Å². The molecular formula is C52H51B16NO. The molecule has 9 aromatic carbocycles. The molecule has 70 heavy (non-hydrogen) atoms. The molecule has 10 rings (SSSR count). The lowest BCUT2D eigenvalue weighted by atomic mass is 9.56. The molecule has 10 aromatic rings. The van der Waals surface area contributed by atoms with Gasteiger partial charge in [0.15, 0.2) is 0 Å². The average molecular weight is 879 g/mol. The van der Waals surface area contributed by atoms with Crippen molar-refractivity contribution in [3.05, 3.63) is 115 Å². The van der Waals surface area contributed by atoms with Gasteiger partial charge in [-0.15, -0.1) is 32.8 Å². The van der Waals surface area contributed by atoms with E-state index in [9.17, 15) is 0 Å². The lowest BCUT2D eigenvalue weighted by molar-refractivity contribution is 0.669. The van der Waals surface area contributed by atoms with E-state index < -0.39 is 0 Å². The summed E-state index contributed by atoms with van der Waals surface area (Å²) in [6, 6.07) is 42.2. The molecule has 0 radical (unpaired) electrons. The Hall–Kier alpha value is -6.12. The van der Waals surface area contributed by atoms with Gasteiger partial charge in [-0.1, -0.05) is 133 Å².